The first-order valence-corrected chi connectivity index (χ1v) is 9.29. The SMILES string of the molecule is O=C(O)CC1(NC(=O)c2cc3c(s2)CCSC3)CCCC1. The minimum atomic E-state index is -0.834. The number of carboxylic acid groups (broad SMARTS) is 1. The molecule has 3 rings (SSSR count). The Bertz CT molecular complexity index is 538. The quantitative estimate of drug-likeness (QED) is 0.893. The van der Waals surface area contributed by atoms with Crippen molar-refractivity contribution < 1.29 is 14.7 Å². The molecule has 0 spiro atoms. The predicted molar refractivity (Wildman–Crippen MR) is 85.1 cm³/mol. The number of hydrogen-bond acceptors (Lipinski definition) is 4. The van der Waals surface area contributed by atoms with Gasteiger partial charge in [0.05, 0.1) is 16.8 Å². The molecule has 0 radical (unpaired) electrons. The topological polar surface area (TPSA) is 66.4 Å². The summed E-state index contributed by atoms with van der Waals surface area (Å²) in [4.78, 5) is 25.6. The van der Waals surface area contributed by atoms with Crippen LogP contribution in [0.5, 0.6) is 0 Å². The number of carboxylic acids is 1. The van der Waals surface area contributed by atoms with Crippen molar-refractivity contribution in [1.82, 2.24) is 5.32 Å². The van der Waals surface area contributed by atoms with Crippen molar-refractivity contribution in [2.75, 3.05) is 5.75 Å². The highest BCUT2D eigenvalue weighted by Gasteiger charge is 2.38. The van der Waals surface area contributed by atoms with Crippen LogP contribution in [0.2, 0.25) is 0 Å². The molecule has 1 fully saturated rings. The number of nitrogens with one attached hydrogen (secondary N) is 1. The normalized spacial score (nSPS) is 20.0. The van der Waals surface area contributed by atoms with Crippen LogP contribution in [0.3, 0.4) is 0 Å². The maximum absolute atomic E-state index is 12.5. The Morgan fingerprint density at radius 2 is 2.10 bits per heavy atom. The van der Waals surface area contributed by atoms with Gasteiger partial charge in [-0.25, -0.2) is 0 Å². The molecule has 1 saturated carbocycles. The van der Waals surface area contributed by atoms with Gasteiger partial charge in [0, 0.05) is 10.6 Å². The highest BCUT2D eigenvalue weighted by Crippen LogP contribution is 2.35. The third-order valence-electron chi connectivity index (χ3n) is 4.28. The van der Waals surface area contributed by atoms with E-state index in [1.54, 1.807) is 11.3 Å². The Morgan fingerprint density at radius 1 is 1.33 bits per heavy atom. The summed E-state index contributed by atoms with van der Waals surface area (Å²) in [7, 11) is 0. The molecule has 0 unspecified atom stereocenters. The Kier molecular flexibility index (Phi) is 4.26. The lowest BCUT2D eigenvalue weighted by Gasteiger charge is -2.28. The number of thioether (sulfide) groups is 1. The fraction of sp³-hybridized carbons (Fsp3) is 0.600. The van der Waals surface area contributed by atoms with Gasteiger partial charge in [0.2, 0.25) is 0 Å². The summed E-state index contributed by atoms with van der Waals surface area (Å²) in [6, 6.07) is 1.99. The van der Waals surface area contributed by atoms with Crippen LogP contribution in [-0.2, 0) is 17.0 Å². The van der Waals surface area contributed by atoms with Crippen molar-refractivity contribution in [3.05, 3.63) is 21.4 Å². The van der Waals surface area contributed by atoms with Gasteiger partial charge < -0.3 is 10.4 Å². The van der Waals surface area contributed by atoms with Gasteiger partial charge in [0.25, 0.3) is 5.91 Å². The van der Waals surface area contributed by atoms with E-state index in [0.29, 0.717) is 0 Å². The van der Waals surface area contributed by atoms with Crippen LogP contribution >= 0.6 is 23.1 Å². The maximum atomic E-state index is 12.5. The monoisotopic (exact) mass is 325 g/mol. The van der Waals surface area contributed by atoms with Crippen LogP contribution in [0, 0.1) is 0 Å². The fourth-order valence-electron chi connectivity index (χ4n) is 3.25. The molecule has 0 bridgehead atoms. The van der Waals surface area contributed by atoms with E-state index in [1.165, 1.54) is 10.4 Å². The number of aliphatic carboxylic acids is 1. The van der Waals surface area contributed by atoms with Crippen molar-refractivity contribution in [2.24, 2.45) is 0 Å². The summed E-state index contributed by atoms with van der Waals surface area (Å²) in [5.41, 5.74) is 0.738. The lowest BCUT2D eigenvalue weighted by Crippen LogP contribution is -2.47. The van der Waals surface area contributed by atoms with Crippen molar-refractivity contribution in [3.63, 3.8) is 0 Å². The van der Waals surface area contributed by atoms with E-state index in [2.05, 4.69) is 5.32 Å². The number of hydrogen-bond donors (Lipinski definition) is 2. The number of thiophene rings is 1. The second kappa shape index (κ2) is 6.01. The van der Waals surface area contributed by atoms with Gasteiger partial charge in [-0.1, -0.05) is 12.8 Å². The Labute approximate surface area is 132 Å². The number of aryl methyl sites for hydroxylation is 1. The van der Waals surface area contributed by atoms with E-state index in [0.717, 1.165) is 48.5 Å². The van der Waals surface area contributed by atoms with Crippen LogP contribution in [-0.4, -0.2) is 28.3 Å². The van der Waals surface area contributed by atoms with Gasteiger partial charge in [-0.15, -0.1) is 11.3 Å². The van der Waals surface area contributed by atoms with Crippen molar-refractivity contribution in [3.8, 4) is 0 Å². The van der Waals surface area contributed by atoms with Crippen LogP contribution < -0.4 is 5.32 Å². The molecule has 1 aromatic heterocycles. The molecular weight excluding hydrogens is 306 g/mol. The first kappa shape index (κ1) is 14.9. The zero-order valence-corrected chi connectivity index (χ0v) is 13.4. The lowest BCUT2D eigenvalue weighted by molar-refractivity contribution is -0.138. The van der Waals surface area contributed by atoms with Crippen LogP contribution in [0.1, 0.15) is 52.2 Å². The molecule has 1 aromatic rings. The third kappa shape index (κ3) is 3.26. The lowest BCUT2D eigenvalue weighted by atomic mass is 9.93. The number of carbonyl (C=O) groups is 2. The molecule has 0 saturated heterocycles. The van der Waals surface area contributed by atoms with E-state index in [-0.39, 0.29) is 12.3 Å². The van der Waals surface area contributed by atoms with Gasteiger partial charge in [-0.2, -0.15) is 11.8 Å². The Balaban J connectivity index is 1.75. The number of rotatable bonds is 4. The first-order chi connectivity index (χ1) is 10.1. The zero-order valence-electron chi connectivity index (χ0n) is 11.8. The minimum Gasteiger partial charge on any atom is -0.481 e. The summed E-state index contributed by atoms with van der Waals surface area (Å²) >= 11 is 3.47. The number of fused-ring (bicyclic) bond motifs is 1. The molecule has 2 heterocycles. The highest BCUT2D eigenvalue weighted by molar-refractivity contribution is 7.98. The second-order valence-electron chi connectivity index (χ2n) is 5.87. The van der Waals surface area contributed by atoms with Crippen LogP contribution in [0.15, 0.2) is 6.07 Å². The van der Waals surface area contributed by atoms with Crippen molar-refractivity contribution >= 4 is 35.0 Å². The molecule has 2 N–H and O–H groups in total. The zero-order chi connectivity index (χ0) is 14.9. The van der Waals surface area contributed by atoms with Gasteiger partial charge in [-0.3, -0.25) is 9.59 Å². The second-order valence-corrected chi connectivity index (χ2v) is 8.12. The Morgan fingerprint density at radius 3 is 2.76 bits per heavy atom. The maximum Gasteiger partial charge on any atom is 0.305 e. The molecule has 1 amide bonds. The molecule has 0 atom stereocenters. The molecule has 114 valence electrons. The predicted octanol–water partition coefficient (Wildman–Crippen LogP) is 3.05. The molecule has 4 nitrogen and oxygen atoms in total. The summed E-state index contributed by atoms with van der Waals surface area (Å²) < 4.78 is 0. The van der Waals surface area contributed by atoms with Crippen molar-refractivity contribution in [1.29, 1.82) is 0 Å². The average Bonchev–Trinajstić information content (AvgIpc) is 3.04. The number of carbonyl (C=O) groups excluding carboxylic acids is 1. The molecule has 0 aromatic carbocycles. The van der Waals surface area contributed by atoms with Crippen LogP contribution in [0.4, 0.5) is 0 Å². The van der Waals surface area contributed by atoms with Gasteiger partial charge in [0.15, 0.2) is 0 Å². The van der Waals surface area contributed by atoms with Crippen LogP contribution in [0.25, 0.3) is 0 Å². The van der Waals surface area contributed by atoms with E-state index in [9.17, 15) is 9.59 Å². The van der Waals surface area contributed by atoms with Crippen molar-refractivity contribution in [2.45, 2.75) is 49.8 Å². The largest absolute Gasteiger partial charge is 0.481 e. The van der Waals surface area contributed by atoms with E-state index in [4.69, 9.17) is 5.11 Å². The third-order valence-corrected chi connectivity index (χ3v) is 6.52. The van der Waals surface area contributed by atoms with E-state index < -0.39 is 11.5 Å². The minimum absolute atomic E-state index is 0.0275. The summed E-state index contributed by atoms with van der Waals surface area (Å²) in [5, 5.41) is 12.1. The molecule has 6 heteroatoms. The van der Waals surface area contributed by atoms with Gasteiger partial charge >= 0.3 is 5.97 Å². The average molecular weight is 325 g/mol. The molecule has 1 aliphatic heterocycles. The standard InChI is InChI=1S/C15H19NO3S2/c17-13(18)8-15(4-1-2-5-15)16-14(19)12-7-10-9-20-6-3-11(10)21-12/h7H,1-6,8-9H2,(H,16,19)(H,17,18). The summed E-state index contributed by atoms with van der Waals surface area (Å²) in [6.45, 7) is 0. The molecule has 2 aliphatic rings. The molecular formula is C15H19NO3S2. The molecule has 1 aliphatic carbocycles. The molecule has 21 heavy (non-hydrogen) atoms. The van der Waals surface area contributed by atoms with E-state index >= 15 is 0 Å². The highest BCUT2D eigenvalue weighted by atomic mass is 32.2. The van der Waals surface area contributed by atoms with E-state index in [1.807, 2.05) is 17.8 Å². The summed E-state index contributed by atoms with van der Waals surface area (Å²) in [6.07, 6.45) is 4.59. The van der Waals surface area contributed by atoms with Gasteiger partial charge in [0.1, 0.15) is 0 Å². The Hall–Kier alpha value is -1.01. The first-order valence-electron chi connectivity index (χ1n) is 7.32. The van der Waals surface area contributed by atoms with Gasteiger partial charge in [-0.05, 0) is 36.6 Å². The smallest absolute Gasteiger partial charge is 0.305 e. The fourth-order valence-corrected chi connectivity index (χ4v) is 5.52. The summed E-state index contributed by atoms with van der Waals surface area (Å²) in [5.74, 6) is 1.18. The number of amides is 1.